The molecule has 14 heavy (non-hydrogen) atoms. The van der Waals surface area contributed by atoms with Gasteiger partial charge in [0.1, 0.15) is 0 Å². The van der Waals surface area contributed by atoms with Crippen LogP contribution in [0.1, 0.15) is 0 Å². The van der Waals surface area contributed by atoms with Gasteiger partial charge >= 0.3 is 64.9 Å². The van der Waals surface area contributed by atoms with E-state index in [0.29, 0.717) is 0 Å². The van der Waals surface area contributed by atoms with Crippen LogP contribution in [0.5, 0.6) is 0 Å². The van der Waals surface area contributed by atoms with Gasteiger partial charge in [-0.15, -0.1) is 0 Å². The Bertz CT molecular complexity index is 118. The molecule has 0 aliphatic heterocycles. The van der Waals surface area contributed by atoms with Gasteiger partial charge in [0.2, 0.25) is 0 Å². The largest absolute Gasteiger partial charge is 2.00 e. The van der Waals surface area contributed by atoms with E-state index in [1.165, 1.54) is 0 Å². The standard InChI is InChI=1S/K.3NO3.S/c;3*2-1(3)4;/q+1;3*-1;+2. The predicted molar refractivity (Wildman–Crippen MR) is 38.4 cm³/mol. The summed E-state index contributed by atoms with van der Waals surface area (Å²) in [5.74, 6) is 0. The van der Waals surface area contributed by atoms with Crippen molar-refractivity contribution in [2.45, 2.75) is 0 Å². The second-order valence-corrected chi connectivity index (χ2v) is 0.671. The van der Waals surface area contributed by atoms with Crippen molar-refractivity contribution in [3.63, 3.8) is 0 Å². The van der Waals surface area contributed by atoms with Crippen molar-refractivity contribution >= 4 is 13.5 Å². The molecule has 0 N–H and O–H groups in total. The molecule has 0 aliphatic rings. The average molecular weight is 257 g/mol. The Morgan fingerprint density at radius 2 is 0.571 bits per heavy atom. The summed E-state index contributed by atoms with van der Waals surface area (Å²) in [4.78, 5) is 24.8. The number of nitrogens with zero attached hydrogens (tertiary/aromatic N) is 3. The van der Waals surface area contributed by atoms with Crippen LogP contribution in [0.4, 0.5) is 0 Å². The summed E-state index contributed by atoms with van der Waals surface area (Å²) in [6.07, 6.45) is 0. The van der Waals surface area contributed by atoms with Gasteiger partial charge < -0.3 is 46.0 Å². The van der Waals surface area contributed by atoms with Crippen molar-refractivity contribution in [2.24, 2.45) is 0 Å². The molecule has 4 radical (unpaired) electrons. The van der Waals surface area contributed by atoms with Gasteiger partial charge in [-0.05, 0) is 0 Å². The van der Waals surface area contributed by atoms with Crippen molar-refractivity contribution < 1.29 is 66.6 Å². The topological polar surface area (TPSA) is 199 Å². The molecule has 12 nitrogen and oxygen atoms in total. The second kappa shape index (κ2) is 22.9. The second-order valence-electron chi connectivity index (χ2n) is 0.671. The summed E-state index contributed by atoms with van der Waals surface area (Å²) in [5, 5.41) is 44.2. The Morgan fingerprint density at radius 3 is 0.571 bits per heavy atom. The maximum absolute atomic E-state index is 8.25. The third kappa shape index (κ3) is 7590. The molecule has 14 heteroatoms. The quantitative estimate of drug-likeness (QED) is 0.237. The molecule has 0 spiro atoms. The summed E-state index contributed by atoms with van der Waals surface area (Å²) < 4.78 is 0. The molecule has 0 heterocycles. The first-order valence-corrected chi connectivity index (χ1v) is 1.64. The van der Waals surface area contributed by atoms with Crippen molar-refractivity contribution in [1.82, 2.24) is 0 Å². The average Bonchev–Trinajstić information content (AvgIpc) is 1.54. The van der Waals surface area contributed by atoms with Crippen molar-refractivity contribution in [2.75, 3.05) is 0 Å². The summed E-state index contributed by atoms with van der Waals surface area (Å²) in [7, 11) is 0. The van der Waals surface area contributed by atoms with Crippen molar-refractivity contribution in [3.8, 4) is 0 Å². The van der Waals surface area contributed by atoms with E-state index in [1.54, 1.807) is 0 Å². The van der Waals surface area contributed by atoms with Crippen LogP contribution >= 0.6 is 0 Å². The fourth-order valence-electron chi connectivity index (χ4n) is 0. The molecule has 0 aliphatic carbocycles. The summed E-state index contributed by atoms with van der Waals surface area (Å²) in [6, 6.07) is 0. The van der Waals surface area contributed by atoms with E-state index < -0.39 is 15.3 Å². The van der Waals surface area contributed by atoms with E-state index in [1.807, 2.05) is 0 Å². The van der Waals surface area contributed by atoms with E-state index in [4.69, 9.17) is 46.0 Å². The number of hydrogen-bond acceptors (Lipinski definition) is 9. The van der Waals surface area contributed by atoms with Gasteiger partial charge in [-0.2, -0.15) is 0 Å². The minimum Gasteiger partial charge on any atom is -0.356 e. The molecule has 0 saturated heterocycles. The van der Waals surface area contributed by atoms with Gasteiger partial charge in [-0.25, -0.2) is 0 Å². The van der Waals surface area contributed by atoms with Crippen LogP contribution in [0.2, 0.25) is 0 Å². The number of hydrogen-bond donors (Lipinski definition) is 0. The van der Waals surface area contributed by atoms with E-state index >= 15 is 0 Å². The molecule has 0 aromatic carbocycles. The zero-order valence-electron chi connectivity index (χ0n) is 6.42. The molecule has 0 aromatic heterocycles. The van der Waals surface area contributed by atoms with Crippen LogP contribution in [-0.2, 0) is 13.5 Å². The van der Waals surface area contributed by atoms with Crippen molar-refractivity contribution in [1.29, 1.82) is 0 Å². The molecule has 0 aromatic rings. The van der Waals surface area contributed by atoms with Crippen LogP contribution in [-0.4, -0.2) is 15.3 Å². The molecule has 0 bridgehead atoms. The van der Waals surface area contributed by atoms with E-state index in [-0.39, 0.29) is 64.9 Å². The zero-order chi connectivity index (χ0) is 10.7. The smallest absolute Gasteiger partial charge is 0.356 e. The first-order valence-electron chi connectivity index (χ1n) is 1.64. The Kier molecular flexibility index (Phi) is 47.8. The first kappa shape index (κ1) is 29.2. The Labute approximate surface area is 125 Å². The van der Waals surface area contributed by atoms with Crippen LogP contribution in [0, 0.1) is 46.0 Å². The molecule has 0 atom stereocenters. The Balaban J connectivity index is -0.0000000270. The Hall–Kier alpha value is -0.414. The van der Waals surface area contributed by atoms with Gasteiger partial charge in [-0.1, -0.05) is 0 Å². The maximum atomic E-state index is 8.25. The van der Waals surface area contributed by atoms with Crippen LogP contribution in [0.15, 0.2) is 0 Å². The fraction of sp³-hybridized carbons (Fsp3) is 0. The summed E-state index contributed by atoms with van der Waals surface area (Å²) in [5.41, 5.74) is 0. The zero-order valence-corrected chi connectivity index (χ0v) is 10.4. The molecule has 0 fully saturated rings. The van der Waals surface area contributed by atoms with Crippen LogP contribution < -0.4 is 51.4 Å². The minimum absolute atomic E-state index is 0. The van der Waals surface area contributed by atoms with E-state index in [2.05, 4.69) is 0 Å². The van der Waals surface area contributed by atoms with Gasteiger partial charge in [0.05, 0.1) is 15.3 Å². The molecule has 0 saturated carbocycles. The van der Waals surface area contributed by atoms with Gasteiger partial charge in [0, 0.05) is 0 Å². The van der Waals surface area contributed by atoms with Crippen molar-refractivity contribution in [3.05, 3.63) is 46.0 Å². The van der Waals surface area contributed by atoms with E-state index in [9.17, 15) is 0 Å². The first-order chi connectivity index (χ1) is 5.20. The SMILES string of the molecule is O=[N+]([O-])[O-].O=[N+]([O-])[O-].O=[N+]([O-])[O-].[K+].[S+2]. The van der Waals surface area contributed by atoms with Gasteiger partial charge in [-0.3, -0.25) is 0 Å². The van der Waals surface area contributed by atoms with Gasteiger partial charge in [0.25, 0.3) is 0 Å². The number of rotatable bonds is 0. The molecule has 0 unspecified atom stereocenters. The van der Waals surface area contributed by atoms with Gasteiger partial charge in [0.15, 0.2) is 0 Å². The van der Waals surface area contributed by atoms with Crippen LogP contribution in [0.3, 0.4) is 0 Å². The third-order valence-corrected chi connectivity index (χ3v) is 0. The monoisotopic (exact) mass is 257 g/mol. The molecule has 76 valence electrons. The molecular weight excluding hydrogens is 257 g/mol. The minimum atomic E-state index is -1.75. The predicted octanol–water partition coefficient (Wildman–Crippen LogP) is -3.72. The fourth-order valence-corrected chi connectivity index (χ4v) is 0. The Morgan fingerprint density at radius 1 is 0.571 bits per heavy atom. The summed E-state index contributed by atoms with van der Waals surface area (Å²) >= 11 is 0. The van der Waals surface area contributed by atoms with E-state index in [0.717, 1.165) is 0 Å². The molecule has 0 rings (SSSR count). The summed E-state index contributed by atoms with van der Waals surface area (Å²) in [6.45, 7) is 0. The molecular formula is KN3O9S. The third-order valence-electron chi connectivity index (χ3n) is 0. The normalized spacial score (nSPS) is 5.14. The maximum Gasteiger partial charge on any atom is 2.00 e. The van der Waals surface area contributed by atoms with Crippen LogP contribution in [0.25, 0.3) is 0 Å². The molecule has 0 amide bonds.